The van der Waals surface area contributed by atoms with Gasteiger partial charge < -0.3 is 19.6 Å². The van der Waals surface area contributed by atoms with Crippen LogP contribution in [0.3, 0.4) is 0 Å². The summed E-state index contributed by atoms with van der Waals surface area (Å²) >= 11 is 0. The second kappa shape index (κ2) is 13.3. The van der Waals surface area contributed by atoms with E-state index in [1.165, 1.54) is 12.1 Å². The number of benzene rings is 2. The van der Waals surface area contributed by atoms with E-state index >= 15 is 0 Å². The molecule has 5 heteroatoms. The number of rotatable bonds is 5. The van der Waals surface area contributed by atoms with Crippen molar-refractivity contribution in [3.63, 3.8) is 0 Å². The van der Waals surface area contributed by atoms with Crippen LogP contribution in [0.5, 0.6) is 5.75 Å². The van der Waals surface area contributed by atoms with Crippen molar-refractivity contribution in [1.82, 2.24) is 0 Å². The molecule has 23 heavy (non-hydrogen) atoms. The first-order valence-electron chi connectivity index (χ1n) is 7.12. The van der Waals surface area contributed by atoms with E-state index in [0.29, 0.717) is 6.61 Å². The molecule has 0 unspecified atom stereocenters. The maximum absolute atomic E-state index is 12.7. The summed E-state index contributed by atoms with van der Waals surface area (Å²) in [5.41, 5.74) is 1.99. The zero-order valence-electron chi connectivity index (χ0n) is 13.8. The molecular formula is C18H24FNO3. The van der Waals surface area contributed by atoms with Gasteiger partial charge in [-0.1, -0.05) is 12.1 Å². The van der Waals surface area contributed by atoms with E-state index in [2.05, 4.69) is 10.1 Å². The number of hydrogen-bond acceptors (Lipinski definition) is 4. The first kappa shape index (κ1) is 20.6. The van der Waals surface area contributed by atoms with E-state index in [1.807, 2.05) is 45.0 Å². The lowest BCUT2D eigenvalue weighted by Gasteiger charge is -2.07. The molecule has 0 atom stereocenters. The van der Waals surface area contributed by atoms with Crippen LogP contribution in [0.2, 0.25) is 0 Å². The second-order valence-corrected chi connectivity index (χ2v) is 4.27. The average molecular weight is 321 g/mol. The van der Waals surface area contributed by atoms with E-state index in [4.69, 9.17) is 9.53 Å². The maximum atomic E-state index is 12.7. The molecule has 0 aromatic heterocycles. The number of methoxy groups -OCH3 is 1. The molecule has 0 aliphatic heterocycles. The summed E-state index contributed by atoms with van der Waals surface area (Å²) in [7, 11) is 3.55. The molecule has 0 spiro atoms. The van der Waals surface area contributed by atoms with Crippen molar-refractivity contribution >= 4 is 12.5 Å². The third kappa shape index (κ3) is 9.26. The van der Waals surface area contributed by atoms with Gasteiger partial charge in [0.1, 0.15) is 25.0 Å². The van der Waals surface area contributed by atoms with Gasteiger partial charge in [-0.25, -0.2) is 4.39 Å². The Morgan fingerprint density at radius 3 is 2.00 bits per heavy atom. The van der Waals surface area contributed by atoms with Crippen molar-refractivity contribution in [2.45, 2.75) is 13.5 Å². The monoisotopic (exact) mass is 321 g/mol. The van der Waals surface area contributed by atoms with Gasteiger partial charge in [0.25, 0.3) is 0 Å². The number of nitrogens with one attached hydrogen (secondary N) is 1. The zero-order chi connectivity index (χ0) is 17.5. The van der Waals surface area contributed by atoms with Gasteiger partial charge in [0.05, 0.1) is 0 Å². The number of halogens is 1. The molecule has 1 N–H and O–H groups in total. The third-order valence-corrected chi connectivity index (χ3v) is 2.75. The fourth-order valence-electron chi connectivity index (χ4n) is 1.47. The first-order valence-corrected chi connectivity index (χ1v) is 7.12. The summed E-state index contributed by atoms with van der Waals surface area (Å²) < 4.78 is 22.8. The van der Waals surface area contributed by atoms with Crippen molar-refractivity contribution in [2.24, 2.45) is 0 Å². The number of carbonyl (C=O) groups excluding carboxylic acids is 1. The van der Waals surface area contributed by atoms with Crippen LogP contribution in [0, 0.1) is 5.82 Å². The Hall–Kier alpha value is -2.40. The first-order chi connectivity index (χ1) is 11.2. The molecule has 2 aromatic rings. The fourth-order valence-corrected chi connectivity index (χ4v) is 1.47. The van der Waals surface area contributed by atoms with Gasteiger partial charge >= 0.3 is 0 Å². The van der Waals surface area contributed by atoms with Gasteiger partial charge in [0.15, 0.2) is 0 Å². The summed E-state index contributed by atoms with van der Waals surface area (Å²) in [6, 6.07) is 14.0. The maximum Gasteiger partial charge on any atom is 0.123 e. The lowest BCUT2D eigenvalue weighted by molar-refractivity contribution is -0.0979. The molecule has 0 bridgehead atoms. The van der Waals surface area contributed by atoms with Crippen molar-refractivity contribution in [2.75, 3.05) is 26.1 Å². The Balaban J connectivity index is 0.000000705. The van der Waals surface area contributed by atoms with Crippen LogP contribution in [0.15, 0.2) is 48.5 Å². The Morgan fingerprint density at radius 2 is 1.57 bits per heavy atom. The molecule has 2 rings (SSSR count). The Morgan fingerprint density at radius 1 is 1.04 bits per heavy atom. The third-order valence-electron chi connectivity index (χ3n) is 2.75. The molecule has 0 saturated heterocycles. The van der Waals surface area contributed by atoms with Crippen LogP contribution < -0.4 is 10.1 Å². The highest BCUT2D eigenvalue weighted by Gasteiger charge is 1.97. The highest BCUT2D eigenvalue weighted by atomic mass is 19.1. The summed E-state index contributed by atoms with van der Waals surface area (Å²) in [6.45, 7) is 5.22. The van der Waals surface area contributed by atoms with Crippen LogP contribution in [-0.2, 0) is 16.1 Å². The smallest absolute Gasteiger partial charge is 0.123 e. The second-order valence-electron chi connectivity index (χ2n) is 4.27. The van der Waals surface area contributed by atoms with Crippen molar-refractivity contribution in [3.8, 4) is 5.75 Å². The summed E-state index contributed by atoms with van der Waals surface area (Å²) in [6.07, 6.45) is 0. The molecule has 0 aliphatic carbocycles. The van der Waals surface area contributed by atoms with Gasteiger partial charge in [-0.2, -0.15) is 0 Å². The summed E-state index contributed by atoms with van der Waals surface area (Å²) in [5, 5.41) is 3.04. The molecule has 0 fully saturated rings. The molecule has 0 saturated carbocycles. The van der Waals surface area contributed by atoms with Crippen LogP contribution in [0.25, 0.3) is 0 Å². The number of anilines is 1. The summed E-state index contributed by atoms with van der Waals surface area (Å²) in [4.78, 5) is 8.00. The number of ether oxygens (including phenoxy) is 2. The van der Waals surface area contributed by atoms with E-state index in [-0.39, 0.29) is 5.82 Å². The molecule has 0 radical (unpaired) electrons. The van der Waals surface area contributed by atoms with Gasteiger partial charge in [0, 0.05) is 26.5 Å². The Labute approximate surface area is 137 Å². The minimum atomic E-state index is -0.230. The van der Waals surface area contributed by atoms with Crippen molar-refractivity contribution in [1.29, 1.82) is 0 Å². The van der Waals surface area contributed by atoms with E-state index in [0.717, 1.165) is 23.6 Å². The molecule has 0 amide bonds. The lowest BCUT2D eigenvalue weighted by atomic mass is 10.2. The van der Waals surface area contributed by atoms with E-state index < -0.39 is 0 Å². The quantitative estimate of drug-likeness (QED) is 0.907. The molecular weight excluding hydrogens is 297 g/mol. The minimum Gasteiger partial charge on any atom is -0.489 e. The van der Waals surface area contributed by atoms with Crippen LogP contribution in [0.4, 0.5) is 10.1 Å². The molecule has 4 nitrogen and oxygen atoms in total. The van der Waals surface area contributed by atoms with Crippen molar-refractivity contribution < 1.29 is 18.7 Å². The molecule has 0 aliphatic rings. The predicted octanol–water partition coefficient (Wildman–Crippen LogP) is 3.91. The number of carbonyl (C=O) groups is 1. The molecule has 126 valence electrons. The van der Waals surface area contributed by atoms with Gasteiger partial charge in [-0.05, 0) is 48.9 Å². The Bertz CT molecular complexity index is 513. The van der Waals surface area contributed by atoms with Crippen LogP contribution in [0.1, 0.15) is 12.5 Å². The van der Waals surface area contributed by atoms with Gasteiger partial charge in [-0.15, -0.1) is 0 Å². The highest BCUT2D eigenvalue weighted by Crippen LogP contribution is 2.16. The average Bonchev–Trinajstić information content (AvgIpc) is 2.63. The number of hydrogen-bond donors (Lipinski definition) is 1. The van der Waals surface area contributed by atoms with Crippen molar-refractivity contribution in [3.05, 3.63) is 59.9 Å². The minimum absolute atomic E-state index is 0.230. The van der Waals surface area contributed by atoms with Gasteiger partial charge in [-0.3, -0.25) is 0 Å². The van der Waals surface area contributed by atoms with Crippen LogP contribution in [-0.4, -0.2) is 27.6 Å². The largest absolute Gasteiger partial charge is 0.489 e. The summed E-state index contributed by atoms with van der Waals surface area (Å²) in [5.74, 6) is 0.570. The zero-order valence-corrected chi connectivity index (χ0v) is 13.8. The van der Waals surface area contributed by atoms with Crippen LogP contribution >= 0.6 is 0 Å². The fraction of sp³-hybridized carbons (Fsp3) is 0.278. The SMILES string of the molecule is C=O.CCOC.CNc1ccc(OCc2ccc(F)cc2)cc1. The normalized spacial score (nSPS) is 8.87. The standard InChI is InChI=1S/C14H14FNO.C3H8O.CH2O/c1-16-13-6-8-14(9-7-13)17-10-11-2-4-12(15)5-3-11;1-3-4-2;1-2/h2-9,16H,10H2,1H3;3H2,1-2H3;1H2. The molecule has 0 heterocycles. The lowest BCUT2D eigenvalue weighted by Crippen LogP contribution is -1.95. The van der Waals surface area contributed by atoms with E-state index in [9.17, 15) is 4.39 Å². The topological polar surface area (TPSA) is 47.6 Å². The molecule has 2 aromatic carbocycles. The highest BCUT2D eigenvalue weighted by molar-refractivity contribution is 5.45. The van der Waals surface area contributed by atoms with Gasteiger partial charge in [0.2, 0.25) is 0 Å². The van der Waals surface area contributed by atoms with E-state index in [1.54, 1.807) is 19.2 Å². The Kier molecular flexibility index (Phi) is 11.9. The predicted molar refractivity (Wildman–Crippen MR) is 91.4 cm³/mol.